The van der Waals surface area contributed by atoms with Crippen LogP contribution in [-0.2, 0) is 4.79 Å². The molecule has 2 nitrogen and oxygen atoms in total. The third kappa shape index (κ3) is 2.83. The predicted octanol–water partition coefficient (Wildman–Crippen LogP) is 3.47. The molecule has 2 aliphatic carbocycles. The zero-order valence-electron chi connectivity index (χ0n) is 11.4. The Bertz CT molecular complexity index is 430. The van der Waals surface area contributed by atoms with E-state index in [0.717, 1.165) is 0 Å². The fraction of sp³-hybridized carbons (Fsp3) is 0.588. The van der Waals surface area contributed by atoms with E-state index in [1.54, 1.807) is 0 Å². The minimum Gasteiger partial charge on any atom is -0.369 e. The van der Waals surface area contributed by atoms with Crippen molar-refractivity contribution in [2.75, 3.05) is 0 Å². The second-order valence-electron chi connectivity index (χ2n) is 6.29. The van der Waals surface area contributed by atoms with E-state index in [9.17, 15) is 4.79 Å². The summed E-state index contributed by atoms with van der Waals surface area (Å²) in [7, 11) is 0. The summed E-state index contributed by atoms with van der Waals surface area (Å²) in [5.74, 6) is 1.95. The smallest absolute Gasteiger partial charge is 0.221 e. The molecule has 102 valence electrons. The molecule has 0 radical (unpaired) electrons. The van der Waals surface area contributed by atoms with Crippen LogP contribution >= 0.6 is 0 Å². The molecule has 1 amide bonds. The molecule has 2 fully saturated rings. The molecule has 0 aliphatic heterocycles. The number of benzene rings is 1. The van der Waals surface area contributed by atoms with Gasteiger partial charge < -0.3 is 5.73 Å². The average molecular weight is 257 g/mol. The van der Waals surface area contributed by atoms with Crippen molar-refractivity contribution in [1.29, 1.82) is 0 Å². The minimum absolute atomic E-state index is 0.0503. The first kappa shape index (κ1) is 12.7. The normalized spacial score (nSPS) is 28.8. The van der Waals surface area contributed by atoms with E-state index in [0.29, 0.717) is 17.8 Å². The number of carbonyl (C=O) groups is 1. The summed E-state index contributed by atoms with van der Waals surface area (Å²) in [4.78, 5) is 11.7. The SMILES string of the molecule is NC(=O)C(C1CCC(c2ccccc2)CC1)C1CC1. The molecule has 0 spiro atoms. The van der Waals surface area contributed by atoms with Crippen molar-refractivity contribution in [1.82, 2.24) is 0 Å². The van der Waals surface area contributed by atoms with Crippen LogP contribution in [0.25, 0.3) is 0 Å². The van der Waals surface area contributed by atoms with E-state index in [2.05, 4.69) is 30.3 Å². The van der Waals surface area contributed by atoms with Gasteiger partial charge in [-0.05, 0) is 61.8 Å². The lowest BCUT2D eigenvalue weighted by atomic mass is 9.72. The van der Waals surface area contributed by atoms with Gasteiger partial charge in [-0.25, -0.2) is 0 Å². The zero-order valence-corrected chi connectivity index (χ0v) is 11.4. The number of carbonyl (C=O) groups excluding carboxylic acids is 1. The Balaban J connectivity index is 1.61. The Kier molecular flexibility index (Phi) is 3.58. The van der Waals surface area contributed by atoms with Crippen LogP contribution in [0.2, 0.25) is 0 Å². The molecule has 1 aromatic carbocycles. The minimum atomic E-state index is -0.0503. The van der Waals surface area contributed by atoms with Crippen LogP contribution in [0.1, 0.15) is 50.0 Å². The first-order chi connectivity index (χ1) is 9.25. The molecule has 2 N–H and O–H groups in total. The van der Waals surface area contributed by atoms with Crippen molar-refractivity contribution < 1.29 is 4.79 Å². The van der Waals surface area contributed by atoms with Gasteiger partial charge in [0.15, 0.2) is 0 Å². The third-order valence-electron chi connectivity index (χ3n) is 5.01. The van der Waals surface area contributed by atoms with Crippen LogP contribution in [0.4, 0.5) is 0 Å². The van der Waals surface area contributed by atoms with Gasteiger partial charge in [0.1, 0.15) is 0 Å². The second kappa shape index (κ2) is 5.36. The van der Waals surface area contributed by atoms with Crippen molar-refractivity contribution in [3.8, 4) is 0 Å². The highest BCUT2D eigenvalue weighted by Crippen LogP contribution is 2.47. The van der Waals surface area contributed by atoms with Gasteiger partial charge in [0, 0.05) is 5.92 Å². The first-order valence-corrected chi connectivity index (χ1v) is 7.60. The molecule has 1 unspecified atom stereocenters. The molecule has 1 atom stereocenters. The van der Waals surface area contributed by atoms with E-state index in [-0.39, 0.29) is 11.8 Å². The molecule has 0 heterocycles. The van der Waals surface area contributed by atoms with E-state index in [1.807, 2.05) is 0 Å². The molecular weight excluding hydrogens is 234 g/mol. The lowest BCUT2D eigenvalue weighted by molar-refractivity contribution is -0.124. The maximum Gasteiger partial charge on any atom is 0.221 e. The highest BCUT2D eigenvalue weighted by atomic mass is 16.1. The average Bonchev–Trinajstić information content (AvgIpc) is 3.25. The van der Waals surface area contributed by atoms with Gasteiger partial charge in [0.05, 0.1) is 0 Å². The van der Waals surface area contributed by atoms with Crippen LogP contribution in [-0.4, -0.2) is 5.91 Å². The Morgan fingerprint density at radius 2 is 1.47 bits per heavy atom. The summed E-state index contributed by atoms with van der Waals surface area (Å²) >= 11 is 0. The first-order valence-electron chi connectivity index (χ1n) is 7.60. The number of nitrogens with two attached hydrogens (primary N) is 1. The Morgan fingerprint density at radius 3 is 1.95 bits per heavy atom. The summed E-state index contributed by atoms with van der Waals surface area (Å²) < 4.78 is 0. The monoisotopic (exact) mass is 257 g/mol. The van der Waals surface area contributed by atoms with Crippen LogP contribution in [0, 0.1) is 17.8 Å². The lowest BCUT2D eigenvalue weighted by Crippen LogP contribution is -2.33. The van der Waals surface area contributed by atoms with Gasteiger partial charge in [0.2, 0.25) is 5.91 Å². The van der Waals surface area contributed by atoms with Gasteiger partial charge >= 0.3 is 0 Å². The van der Waals surface area contributed by atoms with Gasteiger partial charge in [-0.1, -0.05) is 30.3 Å². The van der Waals surface area contributed by atoms with Crippen molar-refractivity contribution >= 4 is 5.91 Å². The number of hydrogen-bond donors (Lipinski definition) is 1. The van der Waals surface area contributed by atoms with Crippen molar-refractivity contribution in [3.63, 3.8) is 0 Å². The number of amides is 1. The maximum absolute atomic E-state index is 11.7. The Morgan fingerprint density at radius 1 is 0.947 bits per heavy atom. The van der Waals surface area contributed by atoms with Crippen LogP contribution < -0.4 is 5.73 Å². The topological polar surface area (TPSA) is 43.1 Å². The number of primary amides is 1. The van der Waals surface area contributed by atoms with E-state index in [1.165, 1.54) is 44.1 Å². The predicted molar refractivity (Wildman–Crippen MR) is 76.5 cm³/mol. The summed E-state index contributed by atoms with van der Waals surface area (Å²) in [6, 6.07) is 10.8. The van der Waals surface area contributed by atoms with Gasteiger partial charge in [0.25, 0.3) is 0 Å². The molecule has 2 saturated carbocycles. The largest absolute Gasteiger partial charge is 0.369 e. The summed E-state index contributed by atoms with van der Waals surface area (Å²) in [5.41, 5.74) is 7.08. The number of hydrogen-bond acceptors (Lipinski definition) is 1. The van der Waals surface area contributed by atoms with Gasteiger partial charge in [-0.15, -0.1) is 0 Å². The van der Waals surface area contributed by atoms with Gasteiger partial charge in [-0.2, -0.15) is 0 Å². The van der Waals surface area contributed by atoms with Crippen molar-refractivity contribution in [2.45, 2.75) is 44.4 Å². The molecule has 0 bridgehead atoms. The highest BCUT2D eigenvalue weighted by molar-refractivity contribution is 5.77. The fourth-order valence-electron chi connectivity index (χ4n) is 3.84. The van der Waals surface area contributed by atoms with Crippen molar-refractivity contribution in [3.05, 3.63) is 35.9 Å². The molecule has 2 heteroatoms. The fourth-order valence-corrected chi connectivity index (χ4v) is 3.84. The molecule has 2 aliphatic rings. The Hall–Kier alpha value is -1.31. The van der Waals surface area contributed by atoms with E-state index < -0.39 is 0 Å². The lowest BCUT2D eigenvalue weighted by Gasteiger charge is -2.32. The molecule has 1 aromatic rings. The summed E-state index contributed by atoms with van der Waals surface area (Å²) in [6.45, 7) is 0. The quantitative estimate of drug-likeness (QED) is 0.881. The maximum atomic E-state index is 11.7. The summed E-state index contributed by atoms with van der Waals surface area (Å²) in [5, 5.41) is 0. The number of rotatable bonds is 4. The molecule has 3 rings (SSSR count). The third-order valence-corrected chi connectivity index (χ3v) is 5.01. The second-order valence-corrected chi connectivity index (χ2v) is 6.29. The summed E-state index contributed by atoms with van der Waals surface area (Å²) in [6.07, 6.45) is 7.20. The molecule has 19 heavy (non-hydrogen) atoms. The molecule has 0 saturated heterocycles. The van der Waals surface area contributed by atoms with Gasteiger partial charge in [-0.3, -0.25) is 4.79 Å². The van der Waals surface area contributed by atoms with E-state index >= 15 is 0 Å². The highest BCUT2D eigenvalue weighted by Gasteiger charge is 2.41. The van der Waals surface area contributed by atoms with Crippen molar-refractivity contribution in [2.24, 2.45) is 23.5 Å². The van der Waals surface area contributed by atoms with Crippen LogP contribution in [0.3, 0.4) is 0 Å². The zero-order chi connectivity index (χ0) is 13.2. The molecular formula is C17H23NO. The van der Waals surface area contributed by atoms with E-state index in [4.69, 9.17) is 5.73 Å². The molecule has 0 aromatic heterocycles. The van der Waals surface area contributed by atoms with Crippen LogP contribution in [0.15, 0.2) is 30.3 Å². The standard InChI is InChI=1S/C17H23NO/c18-17(19)16(15-10-11-15)14-8-6-13(7-9-14)12-4-2-1-3-5-12/h1-5,13-16H,6-11H2,(H2,18,19). The van der Waals surface area contributed by atoms with Crippen LogP contribution in [0.5, 0.6) is 0 Å². The Labute approximate surface area is 115 Å².